The van der Waals surface area contributed by atoms with Crippen molar-refractivity contribution < 1.29 is 0 Å². The number of benzene rings is 1. The highest BCUT2D eigenvalue weighted by atomic mass is 127. The Morgan fingerprint density at radius 3 is 2.50 bits per heavy atom. The molecule has 0 spiro atoms. The largest absolute Gasteiger partial charge is 0.310 e. The van der Waals surface area contributed by atoms with Gasteiger partial charge < -0.3 is 5.32 Å². The topological polar surface area (TPSA) is 12.0 Å². The van der Waals surface area contributed by atoms with Gasteiger partial charge in [-0.2, -0.15) is 0 Å². The van der Waals surface area contributed by atoms with Crippen LogP contribution in [0.5, 0.6) is 0 Å². The van der Waals surface area contributed by atoms with Crippen molar-refractivity contribution in [2.75, 3.05) is 6.54 Å². The van der Waals surface area contributed by atoms with Crippen LogP contribution in [0, 0.1) is 8.99 Å². The molecule has 1 nitrogen and oxygen atoms in total. The SMILES string of the molecule is CCNC(c1cc(I)ccc1Br)C(C)(C)C. The van der Waals surface area contributed by atoms with Gasteiger partial charge in [0.15, 0.2) is 0 Å². The molecular weight excluding hydrogens is 377 g/mol. The molecule has 1 N–H and O–H groups in total. The first-order valence-corrected chi connectivity index (χ1v) is 7.41. The van der Waals surface area contributed by atoms with Gasteiger partial charge in [-0.25, -0.2) is 0 Å². The van der Waals surface area contributed by atoms with Crippen LogP contribution in [0.2, 0.25) is 0 Å². The highest BCUT2D eigenvalue weighted by Gasteiger charge is 2.26. The molecule has 1 unspecified atom stereocenters. The van der Waals surface area contributed by atoms with Gasteiger partial charge in [-0.3, -0.25) is 0 Å². The van der Waals surface area contributed by atoms with Gasteiger partial charge in [-0.1, -0.05) is 43.6 Å². The zero-order valence-electron chi connectivity index (χ0n) is 10.3. The summed E-state index contributed by atoms with van der Waals surface area (Å²) in [5.41, 5.74) is 1.56. The van der Waals surface area contributed by atoms with Crippen LogP contribution in [0.15, 0.2) is 22.7 Å². The van der Waals surface area contributed by atoms with E-state index in [1.807, 2.05) is 0 Å². The Morgan fingerprint density at radius 1 is 1.38 bits per heavy atom. The molecule has 3 heteroatoms. The lowest BCUT2D eigenvalue weighted by Gasteiger charge is -2.32. The minimum Gasteiger partial charge on any atom is -0.310 e. The molecule has 0 saturated carbocycles. The summed E-state index contributed by atoms with van der Waals surface area (Å²) in [4.78, 5) is 0. The van der Waals surface area contributed by atoms with Crippen LogP contribution in [-0.2, 0) is 0 Å². The normalized spacial score (nSPS) is 13.9. The third-order valence-electron chi connectivity index (χ3n) is 2.54. The second kappa shape index (κ2) is 5.83. The molecule has 0 radical (unpaired) electrons. The van der Waals surface area contributed by atoms with Crippen LogP contribution in [0.25, 0.3) is 0 Å². The average Bonchev–Trinajstić information content (AvgIpc) is 2.17. The number of hydrogen-bond donors (Lipinski definition) is 1. The van der Waals surface area contributed by atoms with Gasteiger partial charge in [-0.15, -0.1) is 0 Å². The van der Waals surface area contributed by atoms with E-state index in [0.717, 1.165) is 6.54 Å². The van der Waals surface area contributed by atoms with E-state index in [-0.39, 0.29) is 5.41 Å². The van der Waals surface area contributed by atoms with E-state index in [2.05, 4.69) is 89.7 Å². The molecule has 1 aromatic rings. The Labute approximate surface area is 121 Å². The average molecular weight is 396 g/mol. The van der Waals surface area contributed by atoms with Gasteiger partial charge in [0.2, 0.25) is 0 Å². The summed E-state index contributed by atoms with van der Waals surface area (Å²) in [5, 5.41) is 3.57. The molecule has 0 aliphatic rings. The quantitative estimate of drug-likeness (QED) is 0.728. The lowest BCUT2D eigenvalue weighted by Crippen LogP contribution is -2.32. The summed E-state index contributed by atoms with van der Waals surface area (Å²) >= 11 is 6.01. The van der Waals surface area contributed by atoms with Crippen molar-refractivity contribution in [3.63, 3.8) is 0 Å². The first-order chi connectivity index (χ1) is 7.36. The first-order valence-electron chi connectivity index (χ1n) is 5.54. The maximum absolute atomic E-state index is 3.65. The number of halogens is 2. The van der Waals surface area contributed by atoms with E-state index in [1.165, 1.54) is 13.6 Å². The maximum atomic E-state index is 3.65. The van der Waals surface area contributed by atoms with Crippen molar-refractivity contribution in [3.8, 4) is 0 Å². The Kier molecular flexibility index (Phi) is 5.26. The minimum absolute atomic E-state index is 0.211. The lowest BCUT2D eigenvalue weighted by molar-refractivity contribution is 0.276. The molecule has 0 aromatic heterocycles. The van der Waals surface area contributed by atoms with Crippen molar-refractivity contribution >= 4 is 38.5 Å². The van der Waals surface area contributed by atoms with Gasteiger partial charge >= 0.3 is 0 Å². The second-order valence-electron chi connectivity index (χ2n) is 5.02. The molecule has 0 heterocycles. The highest BCUT2D eigenvalue weighted by molar-refractivity contribution is 14.1. The monoisotopic (exact) mass is 395 g/mol. The molecule has 0 aliphatic heterocycles. The fourth-order valence-electron chi connectivity index (χ4n) is 1.82. The van der Waals surface area contributed by atoms with Crippen molar-refractivity contribution in [2.45, 2.75) is 33.7 Å². The van der Waals surface area contributed by atoms with Gasteiger partial charge in [0, 0.05) is 14.1 Å². The van der Waals surface area contributed by atoms with E-state index in [4.69, 9.17) is 0 Å². The number of rotatable bonds is 3. The second-order valence-corrected chi connectivity index (χ2v) is 7.12. The number of nitrogens with one attached hydrogen (secondary N) is 1. The summed E-state index contributed by atoms with van der Waals surface area (Å²) in [7, 11) is 0. The van der Waals surface area contributed by atoms with Crippen molar-refractivity contribution in [2.24, 2.45) is 5.41 Å². The molecule has 0 bridgehead atoms. The van der Waals surface area contributed by atoms with Crippen LogP contribution in [0.3, 0.4) is 0 Å². The van der Waals surface area contributed by atoms with Crippen molar-refractivity contribution in [1.29, 1.82) is 0 Å². The molecule has 0 fully saturated rings. The summed E-state index contributed by atoms with van der Waals surface area (Å²) in [6.07, 6.45) is 0. The molecule has 1 atom stereocenters. The predicted molar refractivity (Wildman–Crippen MR) is 82.7 cm³/mol. The van der Waals surface area contributed by atoms with Crippen LogP contribution in [0.1, 0.15) is 39.3 Å². The fraction of sp³-hybridized carbons (Fsp3) is 0.538. The van der Waals surface area contributed by atoms with Gasteiger partial charge in [-0.05, 0) is 58.3 Å². The van der Waals surface area contributed by atoms with E-state index >= 15 is 0 Å². The molecule has 16 heavy (non-hydrogen) atoms. The van der Waals surface area contributed by atoms with Crippen molar-refractivity contribution in [1.82, 2.24) is 5.32 Å². The van der Waals surface area contributed by atoms with Crippen LogP contribution >= 0.6 is 38.5 Å². The van der Waals surface area contributed by atoms with Gasteiger partial charge in [0.1, 0.15) is 0 Å². The van der Waals surface area contributed by atoms with Gasteiger partial charge in [0.05, 0.1) is 0 Å². The Bertz CT molecular complexity index is 357. The molecule has 90 valence electrons. The third kappa shape index (κ3) is 3.70. The summed E-state index contributed by atoms with van der Waals surface area (Å²) in [6.45, 7) is 9.95. The lowest BCUT2D eigenvalue weighted by atomic mass is 9.82. The molecule has 0 saturated heterocycles. The summed E-state index contributed by atoms with van der Waals surface area (Å²) in [5.74, 6) is 0. The zero-order chi connectivity index (χ0) is 12.3. The van der Waals surface area contributed by atoms with Crippen LogP contribution < -0.4 is 5.32 Å². The third-order valence-corrected chi connectivity index (χ3v) is 3.94. The van der Waals surface area contributed by atoms with E-state index in [9.17, 15) is 0 Å². The number of hydrogen-bond acceptors (Lipinski definition) is 1. The highest BCUT2D eigenvalue weighted by Crippen LogP contribution is 2.36. The molecule has 1 rings (SSSR count). The molecule has 0 aliphatic carbocycles. The van der Waals surface area contributed by atoms with E-state index in [0.29, 0.717) is 6.04 Å². The van der Waals surface area contributed by atoms with Crippen molar-refractivity contribution in [3.05, 3.63) is 31.8 Å². The molecule has 1 aromatic carbocycles. The van der Waals surface area contributed by atoms with Gasteiger partial charge in [0.25, 0.3) is 0 Å². The first kappa shape index (κ1) is 14.5. The van der Waals surface area contributed by atoms with E-state index < -0.39 is 0 Å². The fourth-order valence-corrected chi connectivity index (χ4v) is 2.81. The predicted octanol–water partition coefficient (Wildman–Crippen LogP) is 4.75. The molecular formula is C13H19BrIN. The molecule has 0 amide bonds. The summed E-state index contributed by atoms with van der Waals surface area (Å²) in [6, 6.07) is 6.89. The zero-order valence-corrected chi connectivity index (χ0v) is 14.0. The van der Waals surface area contributed by atoms with E-state index in [1.54, 1.807) is 0 Å². The Hall–Kier alpha value is 0.390. The Balaban J connectivity index is 3.15. The standard InChI is InChI=1S/C13H19BrIN/c1-5-16-12(13(2,3)4)10-8-9(15)6-7-11(10)14/h6-8,12,16H,5H2,1-4H3. The minimum atomic E-state index is 0.211. The van der Waals surface area contributed by atoms with Crippen LogP contribution in [-0.4, -0.2) is 6.54 Å². The smallest absolute Gasteiger partial charge is 0.0380 e. The maximum Gasteiger partial charge on any atom is 0.0380 e. The summed E-state index contributed by atoms with van der Waals surface area (Å²) < 4.78 is 2.47. The van der Waals surface area contributed by atoms with Crippen LogP contribution in [0.4, 0.5) is 0 Å². The Morgan fingerprint density at radius 2 is 2.00 bits per heavy atom.